The molecule has 114 valence electrons. The largest absolute Gasteiger partial charge is 0.329 e. The van der Waals surface area contributed by atoms with E-state index < -0.39 is 6.04 Å². The molecule has 2 aliphatic heterocycles. The first-order valence-corrected chi connectivity index (χ1v) is 8.58. The van der Waals surface area contributed by atoms with E-state index in [9.17, 15) is 9.59 Å². The number of fused-ring (bicyclic) bond motifs is 1. The topological polar surface area (TPSA) is 40.6 Å². The fraction of sp³-hybridized carbons (Fsp3) is 0.600. The van der Waals surface area contributed by atoms with Gasteiger partial charge in [0.15, 0.2) is 0 Å². The van der Waals surface area contributed by atoms with Gasteiger partial charge in [-0.15, -0.1) is 11.3 Å². The van der Waals surface area contributed by atoms with Gasteiger partial charge in [0.1, 0.15) is 12.1 Å². The van der Waals surface area contributed by atoms with Crippen molar-refractivity contribution < 1.29 is 9.59 Å². The molecule has 0 N–H and O–H groups in total. The van der Waals surface area contributed by atoms with Crippen LogP contribution in [0, 0.1) is 0 Å². The molecule has 21 heavy (non-hydrogen) atoms. The minimum atomic E-state index is -0.400. The zero-order chi connectivity index (χ0) is 15.1. The van der Waals surface area contributed by atoms with Gasteiger partial charge in [0.05, 0.1) is 10.4 Å². The van der Waals surface area contributed by atoms with E-state index in [0.29, 0.717) is 10.9 Å². The highest BCUT2D eigenvalue weighted by atomic mass is 35.5. The van der Waals surface area contributed by atoms with Gasteiger partial charge < -0.3 is 9.80 Å². The number of nitrogens with zero attached hydrogens (tertiary/aromatic N) is 2. The van der Waals surface area contributed by atoms with E-state index in [-0.39, 0.29) is 23.9 Å². The lowest BCUT2D eigenvalue weighted by Gasteiger charge is -2.47. The number of rotatable bonds is 2. The number of hydrogen-bond acceptors (Lipinski definition) is 3. The number of amides is 2. The summed E-state index contributed by atoms with van der Waals surface area (Å²) in [5, 5.41) is 0. The zero-order valence-electron chi connectivity index (χ0n) is 12.2. The number of hydrogen-bond donors (Lipinski definition) is 0. The lowest BCUT2D eigenvalue weighted by molar-refractivity contribution is -0.165. The van der Waals surface area contributed by atoms with Gasteiger partial charge in [0.25, 0.3) is 0 Å². The molecule has 3 heterocycles. The Morgan fingerprint density at radius 3 is 2.71 bits per heavy atom. The molecule has 0 aromatic carbocycles. The van der Waals surface area contributed by atoms with Crippen molar-refractivity contribution in [1.82, 2.24) is 9.80 Å². The zero-order valence-corrected chi connectivity index (χ0v) is 13.8. The number of thiophene rings is 1. The number of carbonyl (C=O) groups excluding carboxylic acids is 2. The fourth-order valence-electron chi connectivity index (χ4n) is 3.39. The Labute approximate surface area is 133 Å². The van der Waals surface area contributed by atoms with E-state index in [0.717, 1.165) is 24.1 Å². The molecule has 3 atom stereocenters. The van der Waals surface area contributed by atoms with E-state index in [1.54, 1.807) is 9.80 Å². The molecular weight excluding hydrogens is 308 g/mol. The van der Waals surface area contributed by atoms with Gasteiger partial charge in [0, 0.05) is 11.4 Å². The summed E-state index contributed by atoms with van der Waals surface area (Å²) in [4.78, 5) is 30.0. The van der Waals surface area contributed by atoms with Crippen LogP contribution in [0.3, 0.4) is 0 Å². The normalized spacial score (nSPS) is 27.8. The van der Waals surface area contributed by atoms with Crippen molar-refractivity contribution in [2.24, 2.45) is 0 Å². The molecule has 1 aromatic heterocycles. The highest BCUT2D eigenvalue weighted by Gasteiger charge is 2.46. The molecule has 4 nitrogen and oxygen atoms in total. The van der Waals surface area contributed by atoms with E-state index in [2.05, 4.69) is 0 Å². The molecule has 0 spiro atoms. The Kier molecular flexibility index (Phi) is 3.97. The van der Waals surface area contributed by atoms with Crippen LogP contribution in [0.25, 0.3) is 0 Å². The van der Waals surface area contributed by atoms with Crippen LogP contribution in [-0.2, 0) is 9.59 Å². The number of carbonyl (C=O) groups is 2. The number of piperidine rings is 1. The predicted octanol–water partition coefficient (Wildman–Crippen LogP) is 3.07. The van der Waals surface area contributed by atoms with Gasteiger partial charge in [0.2, 0.25) is 11.8 Å². The van der Waals surface area contributed by atoms with Crippen LogP contribution in [0.2, 0.25) is 4.34 Å². The Hall–Kier alpha value is -1.07. The molecule has 0 saturated carbocycles. The second-order valence-electron chi connectivity index (χ2n) is 5.78. The van der Waals surface area contributed by atoms with Gasteiger partial charge in [-0.2, -0.15) is 0 Å². The van der Waals surface area contributed by atoms with E-state index in [4.69, 9.17) is 11.6 Å². The van der Waals surface area contributed by atoms with Crippen LogP contribution in [0.1, 0.15) is 44.0 Å². The Bertz CT molecular complexity index is 574. The van der Waals surface area contributed by atoms with Gasteiger partial charge in [-0.05, 0) is 45.2 Å². The lowest BCUT2D eigenvalue weighted by Crippen LogP contribution is -2.65. The van der Waals surface area contributed by atoms with Crippen molar-refractivity contribution in [2.45, 2.75) is 51.2 Å². The highest BCUT2D eigenvalue weighted by molar-refractivity contribution is 7.16. The number of piperazine rings is 1. The van der Waals surface area contributed by atoms with Crippen LogP contribution in [0.4, 0.5) is 0 Å². The summed E-state index contributed by atoms with van der Waals surface area (Å²) in [7, 11) is 0. The molecule has 0 radical (unpaired) electrons. The van der Waals surface area contributed by atoms with Crippen molar-refractivity contribution in [3.63, 3.8) is 0 Å². The second kappa shape index (κ2) is 5.61. The molecule has 0 bridgehead atoms. The standard InChI is InChI=1S/C15H19ClN2O2S/c1-9(12-6-7-13(16)21-12)18-10(2)14(19)17-8-4-3-5-11(17)15(18)20/h6-7,9-11H,3-5,8H2,1-2H3. The Morgan fingerprint density at radius 1 is 1.29 bits per heavy atom. The van der Waals surface area contributed by atoms with Crippen LogP contribution in [0.15, 0.2) is 12.1 Å². The molecule has 6 heteroatoms. The van der Waals surface area contributed by atoms with Crippen LogP contribution in [-0.4, -0.2) is 40.2 Å². The van der Waals surface area contributed by atoms with Crippen molar-refractivity contribution >= 4 is 34.8 Å². The predicted molar refractivity (Wildman–Crippen MR) is 83.4 cm³/mol. The summed E-state index contributed by atoms with van der Waals surface area (Å²) < 4.78 is 0.708. The summed E-state index contributed by atoms with van der Waals surface area (Å²) >= 11 is 7.47. The van der Waals surface area contributed by atoms with E-state index in [1.165, 1.54) is 11.3 Å². The van der Waals surface area contributed by atoms with Gasteiger partial charge in [-0.3, -0.25) is 9.59 Å². The fourth-order valence-corrected chi connectivity index (χ4v) is 4.50. The first kappa shape index (κ1) is 14.9. The Morgan fingerprint density at radius 2 is 2.05 bits per heavy atom. The molecule has 1 aromatic rings. The molecular formula is C15H19ClN2O2S. The van der Waals surface area contributed by atoms with E-state index in [1.807, 2.05) is 26.0 Å². The third kappa shape index (κ3) is 2.46. The molecule has 2 amide bonds. The number of halogens is 1. The van der Waals surface area contributed by atoms with E-state index >= 15 is 0 Å². The second-order valence-corrected chi connectivity index (χ2v) is 7.53. The average molecular weight is 327 g/mol. The molecule has 0 aliphatic carbocycles. The molecule has 2 fully saturated rings. The van der Waals surface area contributed by atoms with Crippen LogP contribution < -0.4 is 0 Å². The Balaban J connectivity index is 1.90. The highest BCUT2D eigenvalue weighted by Crippen LogP contribution is 2.35. The summed E-state index contributed by atoms with van der Waals surface area (Å²) in [5.74, 6) is 0.160. The van der Waals surface area contributed by atoms with Crippen LogP contribution in [0.5, 0.6) is 0 Å². The molecule has 2 saturated heterocycles. The monoisotopic (exact) mass is 326 g/mol. The average Bonchev–Trinajstić information content (AvgIpc) is 2.91. The van der Waals surface area contributed by atoms with Crippen molar-refractivity contribution in [3.05, 3.63) is 21.3 Å². The first-order chi connectivity index (χ1) is 10.0. The maximum Gasteiger partial charge on any atom is 0.246 e. The van der Waals surface area contributed by atoms with Crippen molar-refractivity contribution in [1.29, 1.82) is 0 Å². The van der Waals surface area contributed by atoms with Crippen molar-refractivity contribution in [3.8, 4) is 0 Å². The van der Waals surface area contributed by atoms with Gasteiger partial charge in [-0.1, -0.05) is 11.6 Å². The van der Waals surface area contributed by atoms with Crippen LogP contribution >= 0.6 is 22.9 Å². The van der Waals surface area contributed by atoms with Crippen molar-refractivity contribution in [2.75, 3.05) is 6.54 Å². The molecule has 2 aliphatic rings. The minimum absolute atomic E-state index is 0.0776. The summed E-state index contributed by atoms with van der Waals surface area (Å²) in [6.45, 7) is 4.52. The smallest absolute Gasteiger partial charge is 0.246 e. The SMILES string of the molecule is CC1C(=O)N2CCCCC2C(=O)N1C(C)c1ccc(Cl)s1. The maximum absolute atomic E-state index is 12.8. The molecule has 3 rings (SSSR count). The molecule has 3 unspecified atom stereocenters. The third-order valence-electron chi connectivity index (χ3n) is 4.52. The first-order valence-electron chi connectivity index (χ1n) is 7.38. The third-order valence-corrected chi connectivity index (χ3v) is 5.92. The minimum Gasteiger partial charge on any atom is -0.329 e. The quantitative estimate of drug-likeness (QED) is 0.838. The van der Waals surface area contributed by atoms with Gasteiger partial charge in [-0.25, -0.2) is 0 Å². The summed E-state index contributed by atoms with van der Waals surface area (Å²) in [6, 6.07) is 3.00. The summed E-state index contributed by atoms with van der Waals surface area (Å²) in [5.41, 5.74) is 0. The summed E-state index contributed by atoms with van der Waals surface area (Å²) in [6.07, 6.45) is 2.80. The lowest BCUT2D eigenvalue weighted by atomic mass is 9.94. The van der Waals surface area contributed by atoms with Gasteiger partial charge >= 0.3 is 0 Å². The maximum atomic E-state index is 12.8.